The standard InChI is InChI=1S/C20H15N5O/c21-16-4-1-12-9-13(2-3-14(12)16)25-19-15-5-6-22-11-18(15)26-20(19)17-10-23-7-8-24-17/h2-3,5-11,21,25H,1,4H2. The van der Waals surface area contributed by atoms with E-state index in [1.165, 1.54) is 5.56 Å². The highest BCUT2D eigenvalue weighted by Gasteiger charge is 2.20. The summed E-state index contributed by atoms with van der Waals surface area (Å²) in [6.45, 7) is 0. The van der Waals surface area contributed by atoms with Crippen molar-refractivity contribution < 1.29 is 4.42 Å². The van der Waals surface area contributed by atoms with Gasteiger partial charge in [-0.3, -0.25) is 9.97 Å². The van der Waals surface area contributed by atoms with Crippen molar-refractivity contribution in [2.75, 3.05) is 5.32 Å². The van der Waals surface area contributed by atoms with Gasteiger partial charge in [-0.1, -0.05) is 6.07 Å². The normalized spacial score (nSPS) is 13.2. The van der Waals surface area contributed by atoms with Gasteiger partial charge in [0.15, 0.2) is 11.3 Å². The first-order valence-corrected chi connectivity index (χ1v) is 8.40. The van der Waals surface area contributed by atoms with Gasteiger partial charge in [-0.25, -0.2) is 4.98 Å². The van der Waals surface area contributed by atoms with Crippen LogP contribution >= 0.6 is 0 Å². The van der Waals surface area contributed by atoms with Gasteiger partial charge in [-0.15, -0.1) is 0 Å². The summed E-state index contributed by atoms with van der Waals surface area (Å²) >= 11 is 0. The minimum Gasteiger partial charge on any atom is -0.450 e. The Morgan fingerprint density at radius 3 is 2.81 bits per heavy atom. The molecule has 0 bridgehead atoms. The Morgan fingerprint density at radius 1 is 1.00 bits per heavy atom. The summed E-state index contributed by atoms with van der Waals surface area (Å²) in [5.74, 6) is 0.634. The second-order valence-electron chi connectivity index (χ2n) is 6.24. The van der Waals surface area contributed by atoms with Gasteiger partial charge in [-0.05, 0) is 42.2 Å². The molecule has 4 aromatic rings. The van der Waals surface area contributed by atoms with Crippen LogP contribution in [0.25, 0.3) is 22.4 Å². The van der Waals surface area contributed by atoms with Crippen LogP contribution in [0.3, 0.4) is 0 Å². The number of hydrogen-bond donors (Lipinski definition) is 2. The maximum absolute atomic E-state index is 7.99. The molecule has 3 aromatic heterocycles. The molecule has 6 nitrogen and oxygen atoms in total. The van der Waals surface area contributed by atoms with Crippen molar-refractivity contribution in [2.45, 2.75) is 12.8 Å². The molecule has 0 saturated heterocycles. The maximum Gasteiger partial charge on any atom is 0.178 e. The minimum atomic E-state index is 0.634. The molecule has 1 aliphatic carbocycles. The highest BCUT2D eigenvalue weighted by atomic mass is 16.3. The number of benzene rings is 1. The van der Waals surface area contributed by atoms with Crippen LogP contribution in [0, 0.1) is 5.41 Å². The van der Waals surface area contributed by atoms with Gasteiger partial charge in [0.05, 0.1) is 18.1 Å². The van der Waals surface area contributed by atoms with E-state index < -0.39 is 0 Å². The van der Waals surface area contributed by atoms with E-state index in [0.717, 1.165) is 35.2 Å². The van der Waals surface area contributed by atoms with Crippen molar-refractivity contribution in [3.8, 4) is 11.5 Å². The number of nitrogens with one attached hydrogen (secondary N) is 2. The molecule has 6 heteroatoms. The van der Waals surface area contributed by atoms with Crippen LogP contribution in [-0.2, 0) is 6.42 Å². The lowest BCUT2D eigenvalue weighted by molar-refractivity contribution is 0.627. The molecular formula is C20H15N5O. The molecule has 0 radical (unpaired) electrons. The molecule has 1 aromatic carbocycles. The molecule has 0 aliphatic heterocycles. The van der Waals surface area contributed by atoms with Crippen LogP contribution in [0.4, 0.5) is 11.4 Å². The van der Waals surface area contributed by atoms with Crippen molar-refractivity contribution >= 4 is 28.1 Å². The fraction of sp³-hybridized carbons (Fsp3) is 0.100. The first-order valence-electron chi connectivity index (χ1n) is 8.40. The number of rotatable bonds is 3. The van der Waals surface area contributed by atoms with Crippen LogP contribution in [-0.4, -0.2) is 20.7 Å². The summed E-state index contributed by atoms with van der Waals surface area (Å²) in [4.78, 5) is 12.7. The van der Waals surface area contributed by atoms with Crippen molar-refractivity contribution in [3.05, 3.63) is 66.4 Å². The van der Waals surface area contributed by atoms with Crippen LogP contribution < -0.4 is 5.32 Å². The first-order chi connectivity index (χ1) is 12.8. The van der Waals surface area contributed by atoms with Crippen molar-refractivity contribution in [1.29, 1.82) is 5.41 Å². The van der Waals surface area contributed by atoms with Gasteiger partial charge >= 0.3 is 0 Å². The van der Waals surface area contributed by atoms with Crippen molar-refractivity contribution in [2.24, 2.45) is 0 Å². The molecule has 26 heavy (non-hydrogen) atoms. The molecule has 0 atom stereocenters. The number of fused-ring (bicyclic) bond motifs is 2. The highest BCUT2D eigenvalue weighted by molar-refractivity contribution is 6.03. The Kier molecular flexibility index (Phi) is 3.28. The fourth-order valence-electron chi connectivity index (χ4n) is 3.38. The SMILES string of the molecule is N=C1CCc2cc(Nc3c(-c4cnccn4)oc4cnccc34)ccc21. The Labute approximate surface area is 149 Å². The monoisotopic (exact) mass is 341 g/mol. The van der Waals surface area contributed by atoms with Crippen LogP contribution in [0.15, 0.2) is 59.7 Å². The average Bonchev–Trinajstić information content (AvgIpc) is 3.24. The topological polar surface area (TPSA) is 87.7 Å². The van der Waals surface area contributed by atoms with Crippen LogP contribution in [0.2, 0.25) is 0 Å². The van der Waals surface area contributed by atoms with Gasteiger partial charge in [-0.2, -0.15) is 0 Å². The summed E-state index contributed by atoms with van der Waals surface area (Å²) in [5.41, 5.74) is 6.12. The molecule has 0 saturated carbocycles. The number of aryl methyl sites for hydroxylation is 1. The smallest absolute Gasteiger partial charge is 0.178 e. The Balaban J connectivity index is 1.63. The molecule has 126 valence electrons. The summed E-state index contributed by atoms with van der Waals surface area (Å²) in [6.07, 6.45) is 10.1. The predicted molar refractivity (Wildman–Crippen MR) is 99.9 cm³/mol. The third-order valence-electron chi connectivity index (χ3n) is 4.63. The van der Waals surface area contributed by atoms with Gasteiger partial charge in [0.25, 0.3) is 0 Å². The second-order valence-corrected chi connectivity index (χ2v) is 6.24. The lowest BCUT2D eigenvalue weighted by Crippen LogP contribution is -1.95. The molecule has 0 spiro atoms. The van der Waals surface area contributed by atoms with Gasteiger partial charge < -0.3 is 15.1 Å². The lowest BCUT2D eigenvalue weighted by atomic mass is 10.1. The highest BCUT2D eigenvalue weighted by Crippen LogP contribution is 2.38. The van der Waals surface area contributed by atoms with Gasteiger partial charge in [0.1, 0.15) is 5.69 Å². The fourth-order valence-corrected chi connectivity index (χ4v) is 3.38. The van der Waals surface area contributed by atoms with E-state index in [4.69, 9.17) is 9.83 Å². The summed E-state index contributed by atoms with van der Waals surface area (Å²) in [6, 6.07) is 8.04. The van der Waals surface area contributed by atoms with Crippen LogP contribution in [0.5, 0.6) is 0 Å². The number of hydrogen-bond acceptors (Lipinski definition) is 6. The number of nitrogens with zero attached hydrogens (tertiary/aromatic N) is 3. The van der Waals surface area contributed by atoms with E-state index in [1.54, 1.807) is 31.0 Å². The summed E-state index contributed by atoms with van der Waals surface area (Å²) < 4.78 is 6.01. The quantitative estimate of drug-likeness (QED) is 0.578. The third-order valence-corrected chi connectivity index (χ3v) is 4.63. The zero-order chi connectivity index (χ0) is 17.5. The van der Waals surface area contributed by atoms with Gasteiger partial charge in [0, 0.05) is 35.4 Å². The molecule has 0 amide bonds. The number of pyridine rings is 1. The van der Waals surface area contributed by atoms with Crippen molar-refractivity contribution in [1.82, 2.24) is 15.0 Å². The number of aromatic nitrogens is 3. The Hall–Kier alpha value is -3.54. The van der Waals surface area contributed by atoms with E-state index in [1.807, 2.05) is 18.2 Å². The second kappa shape index (κ2) is 5.77. The molecule has 2 N–H and O–H groups in total. The third kappa shape index (κ3) is 2.35. The summed E-state index contributed by atoms with van der Waals surface area (Å²) in [7, 11) is 0. The first kappa shape index (κ1) is 14.8. The minimum absolute atomic E-state index is 0.634. The van der Waals surface area contributed by atoms with E-state index in [2.05, 4.69) is 26.3 Å². The predicted octanol–water partition coefficient (Wildman–Crippen LogP) is 4.34. The molecule has 0 fully saturated rings. The van der Waals surface area contributed by atoms with E-state index in [0.29, 0.717) is 22.7 Å². The zero-order valence-corrected chi connectivity index (χ0v) is 13.9. The zero-order valence-electron chi connectivity index (χ0n) is 13.9. The van der Waals surface area contributed by atoms with E-state index >= 15 is 0 Å². The molecule has 3 heterocycles. The average molecular weight is 341 g/mol. The molecule has 0 unspecified atom stereocenters. The lowest BCUT2D eigenvalue weighted by Gasteiger charge is -2.09. The Morgan fingerprint density at radius 2 is 1.92 bits per heavy atom. The van der Waals surface area contributed by atoms with E-state index in [-0.39, 0.29) is 0 Å². The number of furan rings is 1. The van der Waals surface area contributed by atoms with Crippen LogP contribution in [0.1, 0.15) is 17.5 Å². The molecule has 1 aliphatic rings. The molecule has 5 rings (SSSR count). The van der Waals surface area contributed by atoms with Gasteiger partial charge in [0.2, 0.25) is 0 Å². The largest absolute Gasteiger partial charge is 0.450 e. The number of anilines is 2. The Bertz CT molecular complexity index is 1130. The van der Waals surface area contributed by atoms with Crippen molar-refractivity contribution in [3.63, 3.8) is 0 Å². The maximum atomic E-state index is 7.99. The molecular weight excluding hydrogens is 326 g/mol. The van der Waals surface area contributed by atoms with E-state index in [9.17, 15) is 0 Å². The summed E-state index contributed by atoms with van der Waals surface area (Å²) in [5, 5.41) is 12.4.